The Kier molecular flexibility index (Phi) is 6.86. The van der Waals surface area contributed by atoms with E-state index >= 15 is 0 Å². The van der Waals surface area contributed by atoms with E-state index in [1.54, 1.807) is 4.90 Å². The van der Waals surface area contributed by atoms with Gasteiger partial charge in [-0.3, -0.25) is 0 Å². The van der Waals surface area contributed by atoms with Crippen molar-refractivity contribution < 1.29 is 23.8 Å². The fraction of sp³-hybridized carbons (Fsp3) is 0.882. The predicted octanol–water partition coefficient (Wildman–Crippen LogP) is 1.55. The van der Waals surface area contributed by atoms with E-state index in [9.17, 15) is 9.59 Å². The molecule has 0 saturated carbocycles. The lowest BCUT2D eigenvalue weighted by molar-refractivity contribution is -0.164. The number of urea groups is 1. The van der Waals surface area contributed by atoms with Gasteiger partial charge in [-0.05, 0) is 32.1 Å². The molecule has 4 atom stereocenters. The van der Waals surface area contributed by atoms with Gasteiger partial charge in [0.2, 0.25) is 0 Å². The summed E-state index contributed by atoms with van der Waals surface area (Å²) in [5.74, 6) is 0.0673. The molecule has 0 spiro atoms. The van der Waals surface area contributed by atoms with Gasteiger partial charge in [0, 0.05) is 13.2 Å². The second-order valence-corrected chi connectivity index (χ2v) is 7.10. The Hall–Kier alpha value is -1.34. The van der Waals surface area contributed by atoms with Crippen molar-refractivity contribution in [2.24, 2.45) is 5.92 Å². The normalized spacial score (nSPS) is 31.0. The van der Waals surface area contributed by atoms with E-state index in [1.165, 1.54) is 7.11 Å². The number of morpholine rings is 1. The Bertz CT molecular complexity index is 443. The Balaban J connectivity index is 1.95. The molecular weight excluding hydrogens is 312 g/mol. The Labute approximate surface area is 144 Å². The van der Waals surface area contributed by atoms with Crippen molar-refractivity contribution in [3.8, 4) is 0 Å². The van der Waals surface area contributed by atoms with Crippen LogP contribution in [0.1, 0.15) is 40.0 Å². The van der Waals surface area contributed by atoms with Gasteiger partial charge >= 0.3 is 12.0 Å². The molecule has 0 aromatic heterocycles. The smallest absolute Gasteiger partial charge is 0.336 e. The number of esters is 1. The van der Waals surface area contributed by atoms with Gasteiger partial charge in [0.1, 0.15) is 0 Å². The minimum absolute atomic E-state index is 0.0170. The van der Waals surface area contributed by atoms with E-state index in [2.05, 4.69) is 19.2 Å². The van der Waals surface area contributed by atoms with Gasteiger partial charge in [-0.15, -0.1) is 0 Å². The third kappa shape index (κ3) is 5.08. The molecule has 2 fully saturated rings. The van der Waals surface area contributed by atoms with E-state index in [-0.39, 0.29) is 30.8 Å². The first kappa shape index (κ1) is 19.0. The maximum atomic E-state index is 12.7. The lowest BCUT2D eigenvalue weighted by Crippen LogP contribution is -2.58. The van der Waals surface area contributed by atoms with Crippen molar-refractivity contribution in [2.45, 2.75) is 64.4 Å². The van der Waals surface area contributed by atoms with Crippen LogP contribution in [0.15, 0.2) is 0 Å². The fourth-order valence-corrected chi connectivity index (χ4v) is 3.33. The van der Waals surface area contributed by atoms with E-state index in [4.69, 9.17) is 14.2 Å². The van der Waals surface area contributed by atoms with Crippen molar-refractivity contribution in [3.05, 3.63) is 0 Å². The molecule has 0 aromatic carbocycles. The molecule has 2 heterocycles. The molecule has 7 nitrogen and oxygen atoms in total. The molecule has 2 rings (SSSR count). The maximum absolute atomic E-state index is 12.7. The first-order valence-electron chi connectivity index (χ1n) is 8.81. The van der Waals surface area contributed by atoms with Crippen LogP contribution in [0.2, 0.25) is 0 Å². The monoisotopic (exact) mass is 342 g/mol. The van der Waals surface area contributed by atoms with Gasteiger partial charge in [0.25, 0.3) is 0 Å². The van der Waals surface area contributed by atoms with Crippen LogP contribution in [-0.4, -0.2) is 68.1 Å². The molecule has 2 aliphatic heterocycles. The lowest BCUT2D eigenvalue weighted by atomic mass is 9.95. The molecule has 2 saturated heterocycles. The highest BCUT2D eigenvalue weighted by Crippen LogP contribution is 2.21. The van der Waals surface area contributed by atoms with Crippen LogP contribution >= 0.6 is 0 Å². The number of methoxy groups -OCH3 is 1. The van der Waals surface area contributed by atoms with Crippen LogP contribution in [-0.2, 0) is 19.0 Å². The molecule has 1 N–H and O–H groups in total. The largest absolute Gasteiger partial charge is 0.467 e. The first-order chi connectivity index (χ1) is 11.4. The van der Waals surface area contributed by atoms with Crippen molar-refractivity contribution in [1.82, 2.24) is 10.2 Å². The predicted molar refractivity (Wildman–Crippen MR) is 88.7 cm³/mol. The first-order valence-corrected chi connectivity index (χ1v) is 8.81. The zero-order chi connectivity index (χ0) is 17.7. The van der Waals surface area contributed by atoms with Crippen LogP contribution in [0.5, 0.6) is 0 Å². The van der Waals surface area contributed by atoms with Crippen molar-refractivity contribution in [3.63, 3.8) is 0 Å². The second kappa shape index (κ2) is 8.67. The van der Waals surface area contributed by atoms with Crippen LogP contribution in [0.4, 0.5) is 4.79 Å². The van der Waals surface area contributed by atoms with Crippen molar-refractivity contribution >= 4 is 12.0 Å². The highest BCUT2D eigenvalue weighted by atomic mass is 16.6. The number of ether oxygens (including phenoxy) is 3. The van der Waals surface area contributed by atoms with Gasteiger partial charge in [-0.2, -0.15) is 0 Å². The average molecular weight is 342 g/mol. The van der Waals surface area contributed by atoms with Gasteiger partial charge in [0.05, 0.1) is 31.9 Å². The summed E-state index contributed by atoms with van der Waals surface area (Å²) in [4.78, 5) is 26.0. The molecule has 2 unspecified atom stereocenters. The quantitative estimate of drug-likeness (QED) is 0.785. The molecule has 0 radical (unpaired) electrons. The summed E-state index contributed by atoms with van der Waals surface area (Å²) in [6, 6.07) is -0.147. The van der Waals surface area contributed by atoms with Crippen LogP contribution in [0, 0.1) is 5.92 Å². The molecule has 138 valence electrons. The summed E-state index contributed by atoms with van der Waals surface area (Å²) >= 11 is 0. The van der Waals surface area contributed by atoms with Gasteiger partial charge in [-0.1, -0.05) is 13.8 Å². The highest BCUT2D eigenvalue weighted by Gasteiger charge is 2.35. The number of nitrogens with one attached hydrogen (secondary N) is 1. The Morgan fingerprint density at radius 3 is 2.75 bits per heavy atom. The fourth-order valence-electron chi connectivity index (χ4n) is 3.33. The molecular formula is C17H30N2O5. The molecule has 7 heteroatoms. The maximum Gasteiger partial charge on any atom is 0.336 e. The average Bonchev–Trinajstić information content (AvgIpc) is 2.54. The molecule has 2 amide bonds. The lowest BCUT2D eigenvalue weighted by Gasteiger charge is -2.38. The van der Waals surface area contributed by atoms with Crippen molar-refractivity contribution in [1.29, 1.82) is 0 Å². The molecule has 0 aromatic rings. The SMILES string of the molecule is COC(=O)[C@H]1CN(C(=O)NC2CCCOC2CC(C)C)C[C@@H](C)O1. The summed E-state index contributed by atoms with van der Waals surface area (Å²) < 4.78 is 16.2. The third-order valence-electron chi connectivity index (χ3n) is 4.46. The zero-order valence-corrected chi connectivity index (χ0v) is 15.1. The highest BCUT2D eigenvalue weighted by molar-refractivity contribution is 5.78. The molecule has 0 aliphatic carbocycles. The minimum Gasteiger partial charge on any atom is -0.467 e. The summed E-state index contributed by atoms with van der Waals surface area (Å²) in [7, 11) is 1.32. The Morgan fingerprint density at radius 2 is 2.08 bits per heavy atom. The summed E-state index contributed by atoms with van der Waals surface area (Å²) in [6.45, 7) is 7.58. The number of nitrogens with zero attached hydrogens (tertiary/aromatic N) is 1. The van der Waals surface area contributed by atoms with Gasteiger partial charge < -0.3 is 24.4 Å². The minimum atomic E-state index is -0.724. The number of amides is 2. The standard InChI is InChI=1S/C17H30N2O5/c1-11(2)8-14-13(6-5-7-23-14)18-17(21)19-9-12(3)24-15(10-19)16(20)22-4/h11-15H,5-10H2,1-4H3,(H,18,21)/t12-,13?,14?,15-/m1/s1. The van der Waals surface area contributed by atoms with Crippen molar-refractivity contribution in [2.75, 3.05) is 26.8 Å². The topological polar surface area (TPSA) is 77.1 Å². The third-order valence-corrected chi connectivity index (χ3v) is 4.46. The van der Waals surface area contributed by atoms with E-state index < -0.39 is 12.1 Å². The van der Waals surface area contributed by atoms with Gasteiger partial charge in [0.15, 0.2) is 6.10 Å². The van der Waals surface area contributed by atoms with E-state index in [1.807, 2.05) is 6.92 Å². The summed E-state index contributed by atoms with van der Waals surface area (Å²) in [6.07, 6.45) is 1.92. The van der Waals surface area contributed by atoms with Gasteiger partial charge in [-0.25, -0.2) is 9.59 Å². The van der Waals surface area contributed by atoms with Crippen LogP contribution in [0.25, 0.3) is 0 Å². The van der Waals surface area contributed by atoms with Crippen LogP contribution in [0.3, 0.4) is 0 Å². The molecule has 0 bridgehead atoms. The number of hydrogen-bond acceptors (Lipinski definition) is 5. The summed E-state index contributed by atoms with van der Waals surface area (Å²) in [5.41, 5.74) is 0. The molecule has 2 aliphatic rings. The van der Waals surface area contributed by atoms with Crippen LogP contribution < -0.4 is 5.32 Å². The summed E-state index contributed by atoms with van der Waals surface area (Å²) in [5, 5.41) is 3.10. The molecule has 24 heavy (non-hydrogen) atoms. The zero-order valence-electron chi connectivity index (χ0n) is 15.1. The van der Waals surface area contributed by atoms with E-state index in [0.29, 0.717) is 12.5 Å². The second-order valence-electron chi connectivity index (χ2n) is 7.10. The Morgan fingerprint density at radius 1 is 1.33 bits per heavy atom. The van der Waals surface area contributed by atoms with E-state index in [0.717, 1.165) is 25.9 Å². The number of carbonyl (C=O) groups excluding carboxylic acids is 2. The number of rotatable bonds is 4. The number of hydrogen-bond donors (Lipinski definition) is 1. The number of carbonyl (C=O) groups is 2.